The van der Waals surface area contributed by atoms with E-state index < -0.39 is 0 Å². The fourth-order valence-electron chi connectivity index (χ4n) is 2.47. The first-order valence-corrected chi connectivity index (χ1v) is 6.14. The van der Waals surface area contributed by atoms with E-state index in [2.05, 4.69) is 43.0 Å². The molecule has 94 valence electrons. The molecule has 0 bridgehead atoms. The number of hydrogen-bond donors (Lipinski definition) is 1. The van der Waals surface area contributed by atoms with Crippen molar-refractivity contribution in [1.82, 2.24) is 4.90 Å². The van der Waals surface area contributed by atoms with Gasteiger partial charge in [-0.25, -0.2) is 0 Å². The van der Waals surface area contributed by atoms with Gasteiger partial charge in [-0.05, 0) is 19.4 Å². The maximum Gasteiger partial charge on any atom is 0.0940 e. The molecule has 1 atom stereocenters. The number of ether oxygens (including phenoxy) is 1. The van der Waals surface area contributed by atoms with E-state index in [0.717, 1.165) is 19.6 Å². The highest BCUT2D eigenvalue weighted by molar-refractivity contribution is 5.14. The number of morpholine rings is 1. The van der Waals surface area contributed by atoms with Crippen molar-refractivity contribution in [1.29, 1.82) is 0 Å². The molecule has 0 radical (unpaired) electrons. The van der Waals surface area contributed by atoms with Gasteiger partial charge >= 0.3 is 0 Å². The quantitative estimate of drug-likeness (QED) is 0.865. The summed E-state index contributed by atoms with van der Waals surface area (Å²) in [5, 5.41) is 9.26. The number of nitrogens with zero attached hydrogens (tertiary/aromatic N) is 1. The third-order valence-corrected chi connectivity index (χ3v) is 3.00. The Bertz CT molecular complexity index is 350. The van der Waals surface area contributed by atoms with E-state index in [1.165, 1.54) is 5.56 Å². The zero-order valence-electron chi connectivity index (χ0n) is 10.6. The molecule has 0 saturated carbocycles. The Hall–Kier alpha value is -0.900. The summed E-state index contributed by atoms with van der Waals surface area (Å²) in [5.74, 6) is 0. The first kappa shape index (κ1) is 12.6. The lowest BCUT2D eigenvalue weighted by Gasteiger charge is -2.42. The van der Waals surface area contributed by atoms with Crippen molar-refractivity contribution in [3.63, 3.8) is 0 Å². The molecule has 1 aliphatic heterocycles. The van der Waals surface area contributed by atoms with Gasteiger partial charge in [0.25, 0.3) is 0 Å². The van der Waals surface area contributed by atoms with E-state index in [9.17, 15) is 5.11 Å². The first-order chi connectivity index (χ1) is 8.09. The Morgan fingerprint density at radius 3 is 2.71 bits per heavy atom. The van der Waals surface area contributed by atoms with Crippen LogP contribution in [0.3, 0.4) is 0 Å². The van der Waals surface area contributed by atoms with Gasteiger partial charge in [0.15, 0.2) is 0 Å². The fourth-order valence-corrected chi connectivity index (χ4v) is 2.47. The highest BCUT2D eigenvalue weighted by Crippen LogP contribution is 2.22. The van der Waals surface area contributed by atoms with Gasteiger partial charge in [0.05, 0.1) is 18.3 Å². The lowest BCUT2D eigenvalue weighted by Crippen LogP contribution is -2.53. The average molecular weight is 235 g/mol. The molecule has 1 aromatic rings. The second kappa shape index (κ2) is 5.17. The van der Waals surface area contributed by atoms with Crippen molar-refractivity contribution in [2.75, 3.05) is 19.7 Å². The fraction of sp³-hybridized carbons (Fsp3) is 0.571. The summed E-state index contributed by atoms with van der Waals surface area (Å²) in [6, 6.07) is 10.4. The van der Waals surface area contributed by atoms with Crippen LogP contribution >= 0.6 is 0 Å². The van der Waals surface area contributed by atoms with Crippen molar-refractivity contribution >= 4 is 0 Å². The van der Waals surface area contributed by atoms with Crippen molar-refractivity contribution in [3.05, 3.63) is 35.9 Å². The number of rotatable bonds is 3. The molecule has 1 aliphatic rings. The normalized spacial score (nSPS) is 24.8. The van der Waals surface area contributed by atoms with Gasteiger partial charge in [-0.2, -0.15) is 0 Å². The highest BCUT2D eigenvalue weighted by Gasteiger charge is 2.32. The summed E-state index contributed by atoms with van der Waals surface area (Å²) in [7, 11) is 0. The predicted octanol–water partition coefficient (Wildman–Crippen LogP) is 1.66. The van der Waals surface area contributed by atoms with Gasteiger partial charge in [0, 0.05) is 19.6 Å². The molecule has 0 aromatic heterocycles. The van der Waals surface area contributed by atoms with Crippen LogP contribution in [0.1, 0.15) is 19.4 Å². The number of aliphatic hydroxyl groups excluding tert-OH is 1. The van der Waals surface area contributed by atoms with Crippen molar-refractivity contribution < 1.29 is 9.84 Å². The molecule has 2 rings (SSSR count). The van der Waals surface area contributed by atoms with Gasteiger partial charge in [0.2, 0.25) is 0 Å². The number of aliphatic hydroxyl groups is 1. The third kappa shape index (κ3) is 3.53. The molecular formula is C14H21NO2. The van der Waals surface area contributed by atoms with Crippen LogP contribution in [0.5, 0.6) is 0 Å². The van der Waals surface area contributed by atoms with E-state index >= 15 is 0 Å². The van der Waals surface area contributed by atoms with Gasteiger partial charge in [0.1, 0.15) is 0 Å². The van der Waals surface area contributed by atoms with Crippen LogP contribution < -0.4 is 0 Å². The van der Waals surface area contributed by atoms with Crippen LogP contribution in [0.2, 0.25) is 0 Å². The smallest absolute Gasteiger partial charge is 0.0940 e. The van der Waals surface area contributed by atoms with Gasteiger partial charge in [-0.3, -0.25) is 4.90 Å². The van der Waals surface area contributed by atoms with Gasteiger partial charge in [-0.15, -0.1) is 0 Å². The lowest BCUT2D eigenvalue weighted by molar-refractivity contribution is -0.150. The van der Waals surface area contributed by atoms with Gasteiger partial charge < -0.3 is 9.84 Å². The van der Waals surface area contributed by atoms with Crippen LogP contribution in [0.15, 0.2) is 30.3 Å². The Morgan fingerprint density at radius 2 is 2.06 bits per heavy atom. The summed E-state index contributed by atoms with van der Waals surface area (Å²) in [5.41, 5.74) is 1.13. The largest absolute Gasteiger partial charge is 0.394 e. The molecular weight excluding hydrogens is 214 g/mol. The molecule has 1 heterocycles. The Balaban J connectivity index is 2.01. The van der Waals surface area contributed by atoms with E-state index in [-0.39, 0.29) is 18.3 Å². The lowest BCUT2D eigenvalue weighted by atomic mass is 10.0. The molecule has 0 amide bonds. The monoisotopic (exact) mass is 235 g/mol. The molecule has 3 heteroatoms. The first-order valence-electron chi connectivity index (χ1n) is 6.14. The molecule has 1 saturated heterocycles. The molecule has 3 nitrogen and oxygen atoms in total. The molecule has 0 spiro atoms. The SMILES string of the molecule is CC1(C)CN(Cc2ccccc2)C[C@H](CO)O1. The van der Waals surface area contributed by atoms with Crippen LogP contribution in [0.4, 0.5) is 0 Å². The Morgan fingerprint density at radius 1 is 1.35 bits per heavy atom. The summed E-state index contributed by atoms with van der Waals surface area (Å²) < 4.78 is 5.80. The maximum absolute atomic E-state index is 9.26. The van der Waals surface area contributed by atoms with Crippen molar-refractivity contribution in [2.45, 2.75) is 32.1 Å². The summed E-state index contributed by atoms with van der Waals surface area (Å²) >= 11 is 0. The van der Waals surface area contributed by atoms with Crippen LogP contribution in [-0.2, 0) is 11.3 Å². The van der Waals surface area contributed by atoms with Crippen LogP contribution in [0.25, 0.3) is 0 Å². The molecule has 1 fully saturated rings. The second-order valence-electron chi connectivity index (χ2n) is 5.34. The number of benzene rings is 1. The second-order valence-corrected chi connectivity index (χ2v) is 5.34. The average Bonchev–Trinajstić information content (AvgIpc) is 2.28. The summed E-state index contributed by atoms with van der Waals surface area (Å²) in [6.07, 6.45) is -0.0672. The van der Waals surface area contributed by atoms with Crippen LogP contribution in [-0.4, -0.2) is 41.4 Å². The zero-order valence-corrected chi connectivity index (χ0v) is 10.6. The highest BCUT2D eigenvalue weighted by atomic mass is 16.5. The summed E-state index contributed by atoms with van der Waals surface area (Å²) in [4.78, 5) is 2.35. The summed E-state index contributed by atoms with van der Waals surface area (Å²) in [6.45, 7) is 6.87. The minimum atomic E-state index is -0.180. The zero-order chi connectivity index (χ0) is 12.3. The van der Waals surface area contributed by atoms with Crippen molar-refractivity contribution in [2.24, 2.45) is 0 Å². The van der Waals surface area contributed by atoms with Crippen LogP contribution in [0, 0.1) is 0 Å². The molecule has 17 heavy (non-hydrogen) atoms. The minimum Gasteiger partial charge on any atom is -0.394 e. The van der Waals surface area contributed by atoms with E-state index in [1.807, 2.05) is 6.07 Å². The van der Waals surface area contributed by atoms with E-state index in [4.69, 9.17) is 4.74 Å². The molecule has 1 N–H and O–H groups in total. The maximum atomic E-state index is 9.26. The Labute approximate surface area is 103 Å². The number of hydrogen-bond acceptors (Lipinski definition) is 3. The molecule has 0 aliphatic carbocycles. The van der Waals surface area contributed by atoms with E-state index in [0.29, 0.717) is 0 Å². The van der Waals surface area contributed by atoms with E-state index in [1.54, 1.807) is 0 Å². The standard InChI is InChI=1S/C14H21NO2/c1-14(2)11-15(9-13(10-16)17-14)8-12-6-4-3-5-7-12/h3-7,13,16H,8-11H2,1-2H3/t13-/m1/s1. The van der Waals surface area contributed by atoms with Crippen molar-refractivity contribution in [3.8, 4) is 0 Å². The third-order valence-electron chi connectivity index (χ3n) is 3.00. The topological polar surface area (TPSA) is 32.7 Å². The molecule has 1 aromatic carbocycles. The Kier molecular flexibility index (Phi) is 3.82. The predicted molar refractivity (Wildman–Crippen MR) is 67.8 cm³/mol. The van der Waals surface area contributed by atoms with Gasteiger partial charge in [-0.1, -0.05) is 30.3 Å². The minimum absolute atomic E-state index is 0.0672. The molecule has 0 unspecified atom stereocenters.